The number of rotatable bonds is 6. The lowest BCUT2D eigenvalue weighted by Gasteiger charge is -2.18. The molecule has 0 bridgehead atoms. The van der Waals surface area contributed by atoms with Gasteiger partial charge in [-0.2, -0.15) is 0 Å². The minimum Gasteiger partial charge on any atom is -0.481 e. The van der Waals surface area contributed by atoms with E-state index in [2.05, 4.69) is 5.32 Å². The predicted molar refractivity (Wildman–Crippen MR) is 90.2 cm³/mol. The van der Waals surface area contributed by atoms with Gasteiger partial charge in [0.1, 0.15) is 0 Å². The number of carboxylic acid groups (broad SMARTS) is 1. The topological polar surface area (TPSA) is 66.4 Å². The van der Waals surface area contributed by atoms with Crippen molar-refractivity contribution in [2.75, 3.05) is 6.54 Å². The van der Waals surface area contributed by atoms with E-state index in [-0.39, 0.29) is 5.91 Å². The van der Waals surface area contributed by atoms with Crippen LogP contribution < -0.4 is 5.32 Å². The minimum atomic E-state index is -0.862. The number of hydrogen-bond donors (Lipinski definition) is 2. The number of amides is 1. The number of carboxylic acids is 1. The zero-order chi connectivity index (χ0) is 16.9. The first-order valence-electron chi connectivity index (χ1n) is 7.57. The molecule has 2 rings (SSSR count). The molecular formula is C19H21NO3. The summed E-state index contributed by atoms with van der Waals surface area (Å²) in [6.07, 6.45) is 0.385. The Bertz CT molecular complexity index is 676. The fourth-order valence-corrected chi connectivity index (χ4v) is 2.14. The van der Waals surface area contributed by atoms with Crippen LogP contribution in [0.1, 0.15) is 30.6 Å². The summed E-state index contributed by atoms with van der Waals surface area (Å²) < 4.78 is 0. The van der Waals surface area contributed by atoms with E-state index in [4.69, 9.17) is 5.11 Å². The van der Waals surface area contributed by atoms with Gasteiger partial charge in [0.05, 0.1) is 5.41 Å². The molecule has 2 N–H and O–H groups in total. The van der Waals surface area contributed by atoms with Crippen LogP contribution >= 0.6 is 0 Å². The van der Waals surface area contributed by atoms with Crippen LogP contribution in [0.2, 0.25) is 0 Å². The van der Waals surface area contributed by atoms with E-state index in [1.54, 1.807) is 26.0 Å². The number of aliphatic carboxylic acids is 1. The molecule has 4 heteroatoms. The van der Waals surface area contributed by atoms with Crippen LogP contribution in [0.5, 0.6) is 0 Å². The van der Waals surface area contributed by atoms with Gasteiger partial charge in [0, 0.05) is 12.1 Å². The van der Waals surface area contributed by atoms with E-state index >= 15 is 0 Å². The predicted octanol–water partition coefficient (Wildman–Crippen LogP) is 3.58. The maximum absolute atomic E-state index is 12.1. The Morgan fingerprint density at radius 3 is 2.09 bits per heavy atom. The molecule has 120 valence electrons. The SMILES string of the molecule is CC(C)(CCNC(=O)c1ccc(-c2ccccc2)cc1)C(=O)O. The monoisotopic (exact) mass is 311 g/mol. The average molecular weight is 311 g/mol. The molecule has 4 nitrogen and oxygen atoms in total. The Morgan fingerprint density at radius 1 is 0.957 bits per heavy atom. The molecule has 0 aliphatic carbocycles. The number of benzene rings is 2. The number of carbonyl (C=O) groups is 2. The second kappa shape index (κ2) is 7.09. The molecule has 0 radical (unpaired) electrons. The lowest BCUT2D eigenvalue weighted by molar-refractivity contribution is -0.147. The molecular weight excluding hydrogens is 290 g/mol. The van der Waals surface area contributed by atoms with Crippen LogP contribution in [0.3, 0.4) is 0 Å². The van der Waals surface area contributed by atoms with Gasteiger partial charge >= 0.3 is 5.97 Å². The highest BCUT2D eigenvalue weighted by atomic mass is 16.4. The Labute approximate surface area is 136 Å². The quantitative estimate of drug-likeness (QED) is 0.857. The Hall–Kier alpha value is -2.62. The minimum absolute atomic E-state index is 0.189. The van der Waals surface area contributed by atoms with Crippen LogP contribution in [0, 0.1) is 5.41 Å². The second-order valence-corrected chi connectivity index (χ2v) is 6.14. The van der Waals surface area contributed by atoms with Crippen molar-refractivity contribution in [2.45, 2.75) is 20.3 Å². The van der Waals surface area contributed by atoms with Gasteiger partial charge in [0.25, 0.3) is 5.91 Å². The van der Waals surface area contributed by atoms with Gasteiger partial charge in [-0.1, -0.05) is 42.5 Å². The average Bonchev–Trinajstić information content (AvgIpc) is 2.55. The van der Waals surface area contributed by atoms with Crippen LogP contribution in [0.25, 0.3) is 11.1 Å². The first-order chi connectivity index (χ1) is 10.9. The zero-order valence-corrected chi connectivity index (χ0v) is 13.4. The third-order valence-electron chi connectivity index (χ3n) is 3.87. The summed E-state index contributed by atoms with van der Waals surface area (Å²) in [6.45, 7) is 3.63. The van der Waals surface area contributed by atoms with Crippen LogP contribution in [-0.2, 0) is 4.79 Å². The van der Waals surface area contributed by atoms with Crippen molar-refractivity contribution in [3.8, 4) is 11.1 Å². The molecule has 23 heavy (non-hydrogen) atoms. The van der Waals surface area contributed by atoms with Gasteiger partial charge < -0.3 is 10.4 Å². The number of hydrogen-bond acceptors (Lipinski definition) is 2. The third-order valence-corrected chi connectivity index (χ3v) is 3.87. The van der Waals surface area contributed by atoms with E-state index in [1.165, 1.54) is 0 Å². The first kappa shape index (κ1) is 16.7. The van der Waals surface area contributed by atoms with E-state index in [9.17, 15) is 9.59 Å². The lowest BCUT2D eigenvalue weighted by Crippen LogP contribution is -2.31. The van der Waals surface area contributed by atoms with Crippen molar-refractivity contribution >= 4 is 11.9 Å². The van der Waals surface area contributed by atoms with Gasteiger partial charge in [-0.05, 0) is 43.5 Å². The summed E-state index contributed by atoms with van der Waals surface area (Å²) in [5.41, 5.74) is 1.87. The van der Waals surface area contributed by atoms with Crippen molar-refractivity contribution in [2.24, 2.45) is 5.41 Å². The highest BCUT2D eigenvalue weighted by Gasteiger charge is 2.26. The summed E-state index contributed by atoms with van der Waals surface area (Å²) >= 11 is 0. The van der Waals surface area contributed by atoms with E-state index in [1.807, 2.05) is 42.5 Å². The standard InChI is InChI=1S/C19H21NO3/c1-19(2,18(22)23)12-13-20-17(21)16-10-8-15(9-11-16)14-6-4-3-5-7-14/h3-11H,12-13H2,1-2H3,(H,20,21)(H,22,23). The molecule has 1 amide bonds. The molecule has 0 spiro atoms. The van der Waals surface area contributed by atoms with E-state index < -0.39 is 11.4 Å². The molecule has 0 saturated heterocycles. The molecule has 2 aromatic rings. The van der Waals surface area contributed by atoms with Crippen molar-refractivity contribution in [3.63, 3.8) is 0 Å². The van der Waals surface area contributed by atoms with Crippen molar-refractivity contribution < 1.29 is 14.7 Å². The van der Waals surface area contributed by atoms with Gasteiger partial charge in [0.15, 0.2) is 0 Å². The van der Waals surface area contributed by atoms with E-state index in [0.717, 1.165) is 11.1 Å². The summed E-state index contributed by atoms with van der Waals surface area (Å²) in [5, 5.41) is 11.8. The Balaban J connectivity index is 1.95. The maximum Gasteiger partial charge on any atom is 0.309 e. The molecule has 0 heterocycles. The van der Waals surface area contributed by atoms with Crippen molar-refractivity contribution in [1.29, 1.82) is 0 Å². The zero-order valence-electron chi connectivity index (χ0n) is 13.4. The maximum atomic E-state index is 12.1. The van der Waals surface area contributed by atoms with Gasteiger partial charge in [-0.25, -0.2) is 0 Å². The highest BCUT2D eigenvalue weighted by Crippen LogP contribution is 2.20. The van der Waals surface area contributed by atoms with E-state index in [0.29, 0.717) is 18.5 Å². The Morgan fingerprint density at radius 2 is 1.52 bits per heavy atom. The summed E-state index contributed by atoms with van der Waals surface area (Å²) in [4.78, 5) is 23.1. The van der Waals surface area contributed by atoms with Crippen LogP contribution in [-0.4, -0.2) is 23.5 Å². The molecule has 0 aliphatic rings. The summed E-state index contributed by atoms with van der Waals surface area (Å²) in [5.74, 6) is -1.05. The van der Waals surface area contributed by atoms with Gasteiger partial charge in [-0.15, -0.1) is 0 Å². The highest BCUT2D eigenvalue weighted by molar-refractivity contribution is 5.94. The van der Waals surface area contributed by atoms with Crippen molar-refractivity contribution in [1.82, 2.24) is 5.32 Å². The lowest BCUT2D eigenvalue weighted by atomic mass is 9.90. The largest absolute Gasteiger partial charge is 0.481 e. The fraction of sp³-hybridized carbons (Fsp3) is 0.263. The third kappa shape index (κ3) is 4.42. The first-order valence-corrected chi connectivity index (χ1v) is 7.57. The normalized spacial score (nSPS) is 11.0. The molecule has 0 aliphatic heterocycles. The summed E-state index contributed by atoms with van der Waals surface area (Å²) in [7, 11) is 0. The van der Waals surface area contributed by atoms with Crippen molar-refractivity contribution in [3.05, 3.63) is 60.2 Å². The van der Waals surface area contributed by atoms with Gasteiger partial charge in [0.2, 0.25) is 0 Å². The van der Waals surface area contributed by atoms with Gasteiger partial charge in [-0.3, -0.25) is 9.59 Å². The fourth-order valence-electron chi connectivity index (χ4n) is 2.14. The molecule has 0 saturated carbocycles. The molecule has 0 aromatic heterocycles. The molecule has 0 unspecified atom stereocenters. The number of carbonyl (C=O) groups excluding carboxylic acids is 1. The Kier molecular flexibility index (Phi) is 5.16. The second-order valence-electron chi connectivity index (χ2n) is 6.14. The van der Waals surface area contributed by atoms with Crippen LogP contribution in [0.4, 0.5) is 0 Å². The summed E-state index contributed by atoms with van der Waals surface area (Å²) in [6, 6.07) is 17.3. The molecule has 0 atom stereocenters. The number of nitrogens with one attached hydrogen (secondary N) is 1. The smallest absolute Gasteiger partial charge is 0.309 e. The molecule has 0 fully saturated rings. The molecule has 2 aromatic carbocycles. The van der Waals surface area contributed by atoms with Crippen LogP contribution in [0.15, 0.2) is 54.6 Å².